The van der Waals surface area contributed by atoms with Crippen molar-refractivity contribution in [3.05, 3.63) is 52.4 Å². The Hall–Kier alpha value is -3.09. The fourth-order valence-corrected chi connectivity index (χ4v) is 4.51. The van der Waals surface area contributed by atoms with Crippen LogP contribution in [-0.4, -0.2) is 37.5 Å². The molecule has 1 aliphatic carbocycles. The zero-order valence-electron chi connectivity index (χ0n) is 19.5. The van der Waals surface area contributed by atoms with Gasteiger partial charge < -0.3 is 19.5 Å². The maximum atomic E-state index is 13.7. The van der Waals surface area contributed by atoms with Gasteiger partial charge in [0.25, 0.3) is 0 Å². The summed E-state index contributed by atoms with van der Waals surface area (Å²) in [6.07, 6.45) is 0.172. The summed E-state index contributed by atoms with van der Waals surface area (Å²) in [6, 6.07) is 7.35. The van der Waals surface area contributed by atoms with Gasteiger partial charge in [0, 0.05) is 22.9 Å². The third kappa shape index (κ3) is 4.42. The summed E-state index contributed by atoms with van der Waals surface area (Å²) in [5.74, 6) is -2.57. The molecule has 0 aromatic heterocycles. The van der Waals surface area contributed by atoms with E-state index in [1.807, 2.05) is 45.0 Å². The molecule has 0 saturated heterocycles. The molecule has 1 aliphatic heterocycles. The third-order valence-corrected chi connectivity index (χ3v) is 5.81. The highest BCUT2D eigenvalue weighted by molar-refractivity contribution is 6.12. The zero-order chi connectivity index (χ0) is 23.6. The minimum atomic E-state index is -0.918. The van der Waals surface area contributed by atoms with E-state index in [0.717, 1.165) is 11.3 Å². The Labute approximate surface area is 188 Å². The van der Waals surface area contributed by atoms with E-state index < -0.39 is 23.8 Å². The number of rotatable bonds is 6. The topological polar surface area (TPSA) is 90.9 Å². The molecule has 172 valence electrons. The summed E-state index contributed by atoms with van der Waals surface area (Å²) in [7, 11) is 1.28. The average Bonchev–Trinajstić information content (AvgIpc) is 2.72. The van der Waals surface area contributed by atoms with Crippen LogP contribution in [0.5, 0.6) is 5.75 Å². The van der Waals surface area contributed by atoms with E-state index in [1.54, 1.807) is 13.8 Å². The Morgan fingerprint density at radius 1 is 1.25 bits per heavy atom. The molecular weight excluding hydrogens is 410 g/mol. The van der Waals surface area contributed by atoms with Gasteiger partial charge in [-0.05, 0) is 57.7 Å². The molecule has 0 spiro atoms. The number of benzene rings is 1. The molecule has 1 heterocycles. The number of dihydropyridines is 1. The molecule has 0 bridgehead atoms. The Morgan fingerprint density at radius 3 is 2.59 bits per heavy atom. The molecule has 0 saturated carbocycles. The summed E-state index contributed by atoms with van der Waals surface area (Å²) in [4.78, 5) is 39.3. The van der Waals surface area contributed by atoms with E-state index in [2.05, 4.69) is 5.32 Å². The molecule has 0 fully saturated rings. The lowest BCUT2D eigenvalue weighted by molar-refractivity contribution is -0.151. The number of hydrogen-bond donors (Lipinski definition) is 1. The zero-order valence-corrected chi connectivity index (χ0v) is 19.5. The quantitative estimate of drug-likeness (QED) is 0.532. The summed E-state index contributed by atoms with van der Waals surface area (Å²) in [6.45, 7) is 9.60. The lowest BCUT2D eigenvalue weighted by Crippen LogP contribution is -2.43. The van der Waals surface area contributed by atoms with Gasteiger partial charge in [0.05, 0.1) is 25.4 Å². The first-order chi connectivity index (χ1) is 15.2. The number of esters is 2. The minimum absolute atomic E-state index is 0.228. The van der Waals surface area contributed by atoms with Gasteiger partial charge in [0.1, 0.15) is 11.7 Å². The van der Waals surface area contributed by atoms with E-state index in [-0.39, 0.29) is 17.8 Å². The van der Waals surface area contributed by atoms with Crippen molar-refractivity contribution in [1.82, 2.24) is 5.32 Å². The molecular formula is C25H31NO6. The van der Waals surface area contributed by atoms with Crippen LogP contribution in [0.2, 0.25) is 0 Å². The molecule has 32 heavy (non-hydrogen) atoms. The van der Waals surface area contributed by atoms with Crippen LogP contribution < -0.4 is 10.1 Å². The second-order valence-corrected chi connectivity index (χ2v) is 8.49. The van der Waals surface area contributed by atoms with Gasteiger partial charge in [-0.25, -0.2) is 4.79 Å². The second-order valence-electron chi connectivity index (χ2n) is 8.49. The highest BCUT2D eigenvalue weighted by atomic mass is 16.5. The fourth-order valence-electron chi connectivity index (χ4n) is 4.51. The van der Waals surface area contributed by atoms with E-state index in [0.29, 0.717) is 35.6 Å². The highest BCUT2D eigenvalue weighted by Crippen LogP contribution is 2.46. The Kier molecular flexibility index (Phi) is 7.06. The number of methoxy groups -OCH3 is 1. The molecule has 7 heteroatoms. The molecule has 0 unspecified atom stereocenters. The smallest absolute Gasteiger partial charge is 0.337 e. The number of carbonyl (C=O) groups excluding carboxylic acids is 3. The van der Waals surface area contributed by atoms with Crippen molar-refractivity contribution in [3.8, 4) is 5.75 Å². The average molecular weight is 442 g/mol. The molecule has 1 aromatic carbocycles. The largest absolute Gasteiger partial charge is 0.494 e. The molecule has 0 radical (unpaired) electrons. The van der Waals surface area contributed by atoms with Crippen LogP contribution in [-0.2, 0) is 23.9 Å². The Morgan fingerprint density at radius 2 is 1.97 bits per heavy atom. The van der Waals surface area contributed by atoms with Crippen LogP contribution in [0.1, 0.15) is 52.5 Å². The van der Waals surface area contributed by atoms with Crippen molar-refractivity contribution in [2.75, 3.05) is 13.7 Å². The number of nitrogens with one attached hydrogen (secondary N) is 1. The van der Waals surface area contributed by atoms with Gasteiger partial charge in [-0.3, -0.25) is 9.59 Å². The van der Waals surface area contributed by atoms with Gasteiger partial charge in [0.2, 0.25) is 0 Å². The van der Waals surface area contributed by atoms with Crippen molar-refractivity contribution >= 4 is 17.7 Å². The third-order valence-electron chi connectivity index (χ3n) is 5.81. The fraction of sp³-hybridized carbons (Fsp3) is 0.480. The van der Waals surface area contributed by atoms with Crippen LogP contribution >= 0.6 is 0 Å². The van der Waals surface area contributed by atoms with Crippen LogP contribution in [0.25, 0.3) is 0 Å². The summed E-state index contributed by atoms with van der Waals surface area (Å²) in [5, 5.41) is 3.25. The lowest BCUT2D eigenvalue weighted by atomic mass is 9.69. The summed E-state index contributed by atoms with van der Waals surface area (Å²) < 4.78 is 16.1. The molecule has 1 aromatic rings. The number of Topliss-reactive ketones (excluding diaryl/α,β-unsaturated/α-hetero) is 1. The van der Waals surface area contributed by atoms with Crippen LogP contribution in [0.4, 0.5) is 0 Å². The minimum Gasteiger partial charge on any atom is -0.494 e. The monoisotopic (exact) mass is 441 g/mol. The maximum absolute atomic E-state index is 13.7. The molecule has 0 amide bonds. The van der Waals surface area contributed by atoms with Crippen molar-refractivity contribution in [2.24, 2.45) is 11.8 Å². The molecule has 3 atom stereocenters. The predicted octanol–water partition coefficient (Wildman–Crippen LogP) is 3.65. The number of allylic oxidation sites excluding steroid dienone is 3. The van der Waals surface area contributed by atoms with E-state index in [9.17, 15) is 14.4 Å². The number of ketones is 1. The molecule has 7 nitrogen and oxygen atoms in total. The van der Waals surface area contributed by atoms with Gasteiger partial charge in [-0.2, -0.15) is 0 Å². The molecule has 2 aliphatic rings. The van der Waals surface area contributed by atoms with Crippen molar-refractivity contribution in [3.63, 3.8) is 0 Å². The summed E-state index contributed by atoms with van der Waals surface area (Å²) in [5.41, 5.74) is 2.86. The van der Waals surface area contributed by atoms with Crippen molar-refractivity contribution < 1.29 is 28.6 Å². The molecule has 3 rings (SSSR count). The van der Waals surface area contributed by atoms with Gasteiger partial charge in [-0.1, -0.05) is 19.1 Å². The normalized spacial score (nSPS) is 23.0. The molecule has 1 N–H and O–H groups in total. The second kappa shape index (κ2) is 9.59. The van der Waals surface area contributed by atoms with Crippen LogP contribution in [0.3, 0.4) is 0 Å². The number of carbonyl (C=O) groups is 3. The van der Waals surface area contributed by atoms with Gasteiger partial charge in [0.15, 0.2) is 5.78 Å². The predicted molar refractivity (Wildman–Crippen MR) is 119 cm³/mol. The van der Waals surface area contributed by atoms with Crippen LogP contribution in [0.15, 0.2) is 46.8 Å². The standard InChI is InChI=1S/C25H31NO6/c1-7-31-17-10-8-9-16(12-17)21-20(25(29)32-13(2)3)15(5)26-18-11-14(4)19(24(28)30-6)23(27)22(18)21/h8-10,12-14,19,21,26H,7,11H2,1-6H3/t14-,19-,21-/m1/s1. The van der Waals surface area contributed by atoms with Crippen LogP contribution in [0, 0.1) is 11.8 Å². The summed E-state index contributed by atoms with van der Waals surface area (Å²) >= 11 is 0. The van der Waals surface area contributed by atoms with E-state index in [4.69, 9.17) is 14.2 Å². The maximum Gasteiger partial charge on any atom is 0.337 e. The van der Waals surface area contributed by atoms with E-state index in [1.165, 1.54) is 7.11 Å². The first-order valence-electron chi connectivity index (χ1n) is 11.0. The van der Waals surface area contributed by atoms with Gasteiger partial charge >= 0.3 is 11.9 Å². The lowest BCUT2D eigenvalue weighted by Gasteiger charge is -2.38. The first kappa shape index (κ1) is 23.6. The highest BCUT2D eigenvalue weighted by Gasteiger charge is 2.47. The van der Waals surface area contributed by atoms with Crippen molar-refractivity contribution in [2.45, 2.75) is 53.1 Å². The number of hydrogen-bond acceptors (Lipinski definition) is 7. The SMILES string of the molecule is CCOc1cccc([C@@H]2C(C(=O)OC(C)C)=C(C)NC3=C2C(=O)[C@H](C(=O)OC)[C@H](C)C3)c1. The number of ether oxygens (including phenoxy) is 3. The van der Waals surface area contributed by atoms with E-state index >= 15 is 0 Å². The Bertz CT molecular complexity index is 990. The van der Waals surface area contributed by atoms with Crippen molar-refractivity contribution in [1.29, 1.82) is 0 Å². The van der Waals surface area contributed by atoms with Gasteiger partial charge in [-0.15, -0.1) is 0 Å². The Balaban J connectivity index is 2.19. The first-order valence-corrected chi connectivity index (χ1v) is 11.0.